The van der Waals surface area contributed by atoms with Crippen LogP contribution >= 0.6 is 0 Å². The van der Waals surface area contributed by atoms with Crippen molar-refractivity contribution in [3.8, 4) is 22.8 Å². The highest BCUT2D eigenvalue weighted by Crippen LogP contribution is 2.36. The number of methoxy groups -OCH3 is 2. The average molecular weight is 367 g/mol. The third kappa shape index (κ3) is 3.92. The van der Waals surface area contributed by atoms with E-state index in [9.17, 15) is 9.90 Å². The quantitative estimate of drug-likeness (QED) is 0.599. The molecule has 0 spiro atoms. The van der Waals surface area contributed by atoms with Gasteiger partial charge in [-0.1, -0.05) is 19.4 Å². The predicted molar refractivity (Wildman–Crippen MR) is 107 cm³/mol. The van der Waals surface area contributed by atoms with Gasteiger partial charge in [0.1, 0.15) is 0 Å². The smallest absolute Gasteiger partial charge is 0.307 e. The highest BCUT2D eigenvalue weighted by Gasteiger charge is 2.18. The van der Waals surface area contributed by atoms with E-state index in [2.05, 4.69) is 24.0 Å². The van der Waals surface area contributed by atoms with Crippen molar-refractivity contribution in [3.05, 3.63) is 47.5 Å². The Balaban J connectivity index is 2.15. The number of hydrogen-bond acceptors (Lipinski definition) is 3. The van der Waals surface area contributed by atoms with E-state index in [0.29, 0.717) is 11.5 Å². The van der Waals surface area contributed by atoms with Gasteiger partial charge in [0.2, 0.25) is 0 Å². The first-order chi connectivity index (χ1) is 13.1. The molecule has 0 atom stereocenters. The highest BCUT2D eigenvalue weighted by atomic mass is 16.5. The van der Waals surface area contributed by atoms with Crippen molar-refractivity contribution < 1.29 is 19.4 Å². The van der Waals surface area contributed by atoms with E-state index in [0.717, 1.165) is 47.0 Å². The molecule has 0 radical (unpaired) electrons. The minimum Gasteiger partial charge on any atom is -0.493 e. The van der Waals surface area contributed by atoms with Crippen LogP contribution in [-0.4, -0.2) is 30.3 Å². The summed E-state index contributed by atoms with van der Waals surface area (Å²) in [5.74, 6) is 0.397. The first-order valence-corrected chi connectivity index (χ1v) is 9.15. The van der Waals surface area contributed by atoms with Crippen molar-refractivity contribution in [2.24, 2.45) is 0 Å². The SMILES string of the molecule is CCCCc1ccc2[nH]c(-c3ccc(OC)c(OC)c3)c(CC(=O)O)c2c1. The van der Waals surface area contributed by atoms with Crippen molar-refractivity contribution in [2.75, 3.05) is 14.2 Å². The summed E-state index contributed by atoms with van der Waals surface area (Å²) in [5, 5.41) is 10.4. The molecule has 142 valence electrons. The number of rotatable bonds is 8. The van der Waals surface area contributed by atoms with Crippen LogP contribution in [0.3, 0.4) is 0 Å². The van der Waals surface area contributed by atoms with Crippen molar-refractivity contribution in [3.63, 3.8) is 0 Å². The molecule has 0 fully saturated rings. The van der Waals surface area contributed by atoms with Gasteiger partial charge in [0.05, 0.1) is 26.3 Å². The second kappa shape index (κ2) is 8.16. The van der Waals surface area contributed by atoms with Crippen LogP contribution in [0.5, 0.6) is 11.5 Å². The van der Waals surface area contributed by atoms with Gasteiger partial charge in [-0.15, -0.1) is 0 Å². The number of aromatic amines is 1. The Kier molecular flexibility index (Phi) is 5.69. The summed E-state index contributed by atoms with van der Waals surface area (Å²) >= 11 is 0. The normalized spacial score (nSPS) is 10.9. The lowest BCUT2D eigenvalue weighted by Gasteiger charge is -2.10. The van der Waals surface area contributed by atoms with Gasteiger partial charge in [-0.2, -0.15) is 0 Å². The monoisotopic (exact) mass is 367 g/mol. The second-order valence-corrected chi connectivity index (χ2v) is 6.60. The summed E-state index contributed by atoms with van der Waals surface area (Å²) in [6, 6.07) is 11.9. The lowest BCUT2D eigenvalue weighted by molar-refractivity contribution is -0.136. The molecule has 0 bridgehead atoms. The van der Waals surface area contributed by atoms with Crippen molar-refractivity contribution >= 4 is 16.9 Å². The van der Waals surface area contributed by atoms with Crippen LogP contribution in [0, 0.1) is 0 Å². The Bertz CT molecular complexity index is 958. The minimum absolute atomic E-state index is 0.0408. The molecule has 5 nitrogen and oxygen atoms in total. The van der Waals surface area contributed by atoms with Gasteiger partial charge in [0.25, 0.3) is 0 Å². The van der Waals surface area contributed by atoms with Gasteiger partial charge in [0, 0.05) is 16.5 Å². The molecule has 0 amide bonds. The third-order valence-corrected chi connectivity index (χ3v) is 4.79. The first kappa shape index (κ1) is 18.8. The summed E-state index contributed by atoms with van der Waals surface area (Å²) in [6.07, 6.45) is 3.20. The van der Waals surface area contributed by atoms with Crippen LogP contribution in [0.25, 0.3) is 22.2 Å². The topological polar surface area (TPSA) is 71.5 Å². The number of aliphatic carboxylic acids is 1. The van der Waals surface area contributed by atoms with Crippen LogP contribution in [0.2, 0.25) is 0 Å². The Labute approximate surface area is 158 Å². The number of benzene rings is 2. The summed E-state index contributed by atoms with van der Waals surface area (Å²) < 4.78 is 10.7. The molecule has 2 N–H and O–H groups in total. The zero-order valence-corrected chi connectivity index (χ0v) is 16.0. The Hall–Kier alpha value is -2.95. The number of ether oxygens (including phenoxy) is 2. The fourth-order valence-corrected chi connectivity index (χ4v) is 3.40. The van der Waals surface area contributed by atoms with Gasteiger partial charge in [-0.3, -0.25) is 4.79 Å². The molecule has 0 saturated heterocycles. The molecule has 0 aliphatic carbocycles. The molecule has 0 unspecified atom stereocenters. The van der Waals surface area contributed by atoms with Crippen molar-refractivity contribution in [1.29, 1.82) is 0 Å². The van der Waals surface area contributed by atoms with Crippen molar-refractivity contribution in [2.45, 2.75) is 32.6 Å². The van der Waals surface area contributed by atoms with Gasteiger partial charge < -0.3 is 19.6 Å². The van der Waals surface area contributed by atoms with E-state index in [1.54, 1.807) is 14.2 Å². The maximum atomic E-state index is 11.5. The van der Waals surface area contributed by atoms with Gasteiger partial charge in [0.15, 0.2) is 11.5 Å². The minimum atomic E-state index is -0.850. The van der Waals surface area contributed by atoms with Gasteiger partial charge in [-0.25, -0.2) is 0 Å². The summed E-state index contributed by atoms with van der Waals surface area (Å²) in [5.41, 5.74) is 4.64. The van der Waals surface area contributed by atoms with E-state index in [-0.39, 0.29) is 6.42 Å². The fourth-order valence-electron chi connectivity index (χ4n) is 3.40. The van der Waals surface area contributed by atoms with Crippen LogP contribution in [0.15, 0.2) is 36.4 Å². The number of carboxylic acids is 1. The third-order valence-electron chi connectivity index (χ3n) is 4.79. The van der Waals surface area contributed by atoms with Crippen LogP contribution < -0.4 is 9.47 Å². The van der Waals surface area contributed by atoms with Crippen molar-refractivity contribution in [1.82, 2.24) is 4.98 Å². The Morgan fingerprint density at radius 1 is 1.07 bits per heavy atom. The Morgan fingerprint density at radius 2 is 1.85 bits per heavy atom. The number of carboxylic acid groups (broad SMARTS) is 1. The van der Waals surface area contributed by atoms with Crippen LogP contribution in [0.4, 0.5) is 0 Å². The maximum absolute atomic E-state index is 11.5. The molecule has 0 aliphatic rings. The van der Waals surface area contributed by atoms with Gasteiger partial charge >= 0.3 is 5.97 Å². The first-order valence-electron chi connectivity index (χ1n) is 9.15. The van der Waals surface area contributed by atoms with Crippen LogP contribution in [0.1, 0.15) is 30.9 Å². The second-order valence-electron chi connectivity index (χ2n) is 6.60. The maximum Gasteiger partial charge on any atom is 0.307 e. The van der Waals surface area contributed by atoms with E-state index < -0.39 is 5.97 Å². The van der Waals surface area contributed by atoms with E-state index in [1.807, 2.05) is 24.3 Å². The standard InChI is InChI=1S/C22H25NO4/c1-4-5-6-14-7-9-18-16(11-14)17(13-21(24)25)22(23-18)15-8-10-19(26-2)20(12-15)27-3/h7-12,23H,4-6,13H2,1-3H3,(H,24,25). The van der Waals surface area contributed by atoms with E-state index in [1.165, 1.54) is 5.56 Å². The lowest BCUT2D eigenvalue weighted by atomic mass is 10.00. The zero-order valence-electron chi connectivity index (χ0n) is 16.0. The fraction of sp³-hybridized carbons (Fsp3) is 0.318. The van der Waals surface area contributed by atoms with Gasteiger partial charge in [-0.05, 0) is 54.3 Å². The lowest BCUT2D eigenvalue weighted by Crippen LogP contribution is -2.01. The Morgan fingerprint density at radius 3 is 2.52 bits per heavy atom. The number of H-pyrrole nitrogens is 1. The number of fused-ring (bicyclic) bond motifs is 1. The zero-order chi connectivity index (χ0) is 19.4. The molecule has 3 rings (SSSR count). The predicted octanol–water partition coefficient (Wildman–Crippen LogP) is 4.82. The molecule has 0 saturated carbocycles. The molecule has 27 heavy (non-hydrogen) atoms. The molecule has 0 aliphatic heterocycles. The summed E-state index contributed by atoms with van der Waals surface area (Å²) in [4.78, 5) is 14.9. The number of carbonyl (C=O) groups is 1. The summed E-state index contributed by atoms with van der Waals surface area (Å²) in [6.45, 7) is 2.17. The average Bonchev–Trinajstić information content (AvgIpc) is 3.03. The number of aryl methyl sites for hydroxylation is 1. The van der Waals surface area contributed by atoms with E-state index >= 15 is 0 Å². The molecule has 1 heterocycles. The molecule has 3 aromatic rings. The molecular weight excluding hydrogens is 342 g/mol. The summed E-state index contributed by atoms with van der Waals surface area (Å²) in [7, 11) is 3.18. The number of hydrogen-bond donors (Lipinski definition) is 2. The number of aromatic nitrogens is 1. The number of unbranched alkanes of at least 4 members (excludes halogenated alkanes) is 1. The molecule has 5 heteroatoms. The molecule has 1 aromatic heterocycles. The highest BCUT2D eigenvalue weighted by molar-refractivity contribution is 5.94. The van der Waals surface area contributed by atoms with Crippen LogP contribution in [-0.2, 0) is 17.6 Å². The number of nitrogens with one attached hydrogen (secondary N) is 1. The molecule has 2 aromatic carbocycles. The van der Waals surface area contributed by atoms with E-state index in [4.69, 9.17) is 9.47 Å². The largest absolute Gasteiger partial charge is 0.493 e. The molecular formula is C22H25NO4.